The quantitative estimate of drug-likeness (QED) is 0.179. The van der Waals surface area contributed by atoms with Gasteiger partial charge >= 0.3 is 6.09 Å². The Bertz CT molecular complexity index is 1600. The molecular weight excluding hydrogens is 658 g/mol. The topological polar surface area (TPSA) is 128 Å². The van der Waals surface area contributed by atoms with Crippen molar-refractivity contribution in [3.8, 4) is 0 Å². The highest BCUT2D eigenvalue weighted by molar-refractivity contribution is 9.10. The van der Waals surface area contributed by atoms with Crippen LogP contribution in [0.25, 0.3) is 0 Å². The molecule has 2 saturated heterocycles. The van der Waals surface area contributed by atoms with Crippen molar-refractivity contribution in [3.05, 3.63) is 87.9 Å². The van der Waals surface area contributed by atoms with Crippen molar-refractivity contribution in [3.63, 3.8) is 0 Å². The summed E-state index contributed by atoms with van der Waals surface area (Å²) in [6.07, 6.45) is 1.75. The Kier molecular flexibility index (Phi) is 10.2. The summed E-state index contributed by atoms with van der Waals surface area (Å²) in [6.45, 7) is 10.6. The molecule has 3 amide bonds. The van der Waals surface area contributed by atoms with Crippen LogP contribution in [-0.4, -0.2) is 46.5 Å². The first kappa shape index (κ1) is 34.3. The van der Waals surface area contributed by atoms with Gasteiger partial charge in [0.2, 0.25) is 11.8 Å². The molecule has 2 fully saturated rings. The molecular formula is C37H46BrN5O4. The van der Waals surface area contributed by atoms with E-state index in [0.717, 1.165) is 28.6 Å². The Labute approximate surface area is 286 Å². The van der Waals surface area contributed by atoms with E-state index in [1.165, 1.54) is 16.0 Å². The van der Waals surface area contributed by atoms with Gasteiger partial charge in [0.15, 0.2) is 0 Å². The van der Waals surface area contributed by atoms with E-state index in [9.17, 15) is 19.5 Å². The second-order valence-corrected chi connectivity index (χ2v) is 15.0. The van der Waals surface area contributed by atoms with Crippen LogP contribution in [0.2, 0.25) is 0 Å². The lowest BCUT2D eigenvalue weighted by Gasteiger charge is -2.34. The van der Waals surface area contributed by atoms with Crippen LogP contribution >= 0.6 is 15.9 Å². The van der Waals surface area contributed by atoms with Gasteiger partial charge < -0.3 is 31.3 Å². The number of halogens is 1. The fourth-order valence-corrected chi connectivity index (χ4v) is 7.14. The highest BCUT2D eigenvalue weighted by Crippen LogP contribution is 2.48. The van der Waals surface area contributed by atoms with Crippen molar-refractivity contribution >= 4 is 50.9 Å². The van der Waals surface area contributed by atoms with Gasteiger partial charge in [-0.25, -0.2) is 4.79 Å². The fourth-order valence-electron chi connectivity index (χ4n) is 6.88. The van der Waals surface area contributed by atoms with Crippen LogP contribution in [0.15, 0.2) is 71.2 Å². The molecule has 9 nitrogen and oxygen atoms in total. The maximum Gasteiger partial charge on any atom is 0.405 e. The number of hydrogen-bond donors (Lipinski definition) is 4. The summed E-state index contributed by atoms with van der Waals surface area (Å²) in [5.41, 5.74) is 12.1. The van der Waals surface area contributed by atoms with Gasteiger partial charge in [-0.15, -0.1) is 0 Å². The van der Waals surface area contributed by atoms with Crippen molar-refractivity contribution in [1.29, 1.82) is 0 Å². The zero-order valence-corrected chi connectivity index (χ0v) is 29.4. The number of nitrogen functional groups attached to an aromatic ring is 1. The van der Waals surface area contributed by atoms with Crippen molar-refractivity contribution in [1.82, 2.24) is 10.2 Å². The summed E-state index contributed by atoms with van der Waals surface area (Å²) >= 11 is 3.57. The van der Waals surface area contributed by atoms with Gasteiger partial charge in [-0.2, -0.15) is 0 Å². The maximum atomic E-state index is 13.7. The number of rotatable bonds is 8. The molecule has 0 aliphatic carbocycles. The highest BCUT2D eigenvalue weighted by atomic mass is 79.9. The zero-order valence-electron chi connectivity index (χ0n) is 27.8. The molecule has 2 aliphatic rings. The summed E-state index contributed by atoms with van der Waals surface area (Å²) in [5.74, 6) is -0.985. The predicted octanol–water partition coefficient (Wildman–Crippen LogP) is 7.63. The number of hydrogen-bond acceptors (Lipinski definition) is 5. The number of nitrogens with zero attached hydrogens (tertiary/aromatic N) is 2. The summed E-state index contributed by atoms with van der Waals surface area (Å²) in [5, 5.41) is 14.6. The molecule has 3 aromatic carbocycles. The van der Waals surface area contributed by atoms with Crippen molar-refractivity contribution < 1.29 is 19.5 Å². The monoisotopic (exact) mass is 703 g/mol. The molecule has 2 unspecified atom stereocenters. The molecule has 3 aromatic rings. The van der Waals surface area contributed by atoms with E-state index in [4.69, 9.17) is 5.73 Å². The molecule has 2 aliphatic heterocycles. The van der Waals surface area contributed by atoms with Gasteiger partial charge in [0.1, 0.15) is 12.1 Å². The molecule has 0 spiro atoms. The SMILES string of the molecule is CC(C)[C@H](NC(=O)O)C(=O)N1CCC[C@H]1C(=O)Nc1cc(C2CCC(c3ccc(Br)cc3)N2c2ccc(C(C)(C)C)cc2)ccc1N. The second-order valence-electron chi connectivity index (χ2n) is 14.1. The van der Waals surface area contributed by atoms with Crippen molar-refractivity contribution in [2.45, 2.75) is 89.9 Å². The van der Waals surface area contributed by atoms with E-state index in [-0.39, 0.29) is 35.2 Å². The Morgan fingerprint density at radius 2 is 1.53 bits per heavy atom. The number of carboxylic acid groups (broad SMARTS) is 1. The van der Waals surface area contributed by atoms with E-state index < -0.39 is 18.2 Å². The number of amides is 3. The number of benzene rings is 3. The zero-order chi connectivity index (χ0) is 34.0. The standard InChI is InChI=1S/C37H46BrN5O4/c1-22(2)33(41-36(46)47)35(45)42-20-6-7-32(42)34(44)40-29-21-24(10-17-28(29)39)31-19-18-30(23-8-13-26(38)14-9-23)43(31)27-15-11-25(12-16-27)37(3,4)5/h8-17,21-22,30-33,41H,6-7,18-20,39H2,1-5H3,(H,40,44)(H,46,47)/t30?,31?,32-,33-/m0/s1. The maximum absolute atomic E-state index is 13.7. The Hall–Kier alpha value is -4.05. The van der Waals surface area contributed by atoms with Crippen LogP contribution in [0, 0.1) is 5.92 Å². The molecule has 0 radical (unpaired) electrons. The normalized spacial score (nSPS) is 20.4. The largest absolute Gasteiger partial charge is 0.465 e. The molecule has 10 heteroatoms. The van der Waals surface area contributed by atoms with Gasteiger partial charge in [-0.05, 0) is 90.1 Å². The molecule has 0 aromatic heterocycles. The molecule has 0 saturated carbocycles. The molecule has 0 bridgehead atoms. The van der Waals surface area contributed by atoms with Gasteiger partial charge in [0.05, 0.1) is 23.5 Å². The molecule has 2 heterocycles. The van der Waals surface area contributed by atoms with Crippen LogP contribution in [-0.2, 0) is 15.0 Å². The van der Waals surface area contributed by atoms with Crippen LogP contribution in [0.5, 0.6) is 0 Å². The fraction of sp³-hybridized carbons (Fsp3) is 0.432. The Morgan fingerprint density at radius 1 is 0.915 bits per heavy atom. The highest BCUT2D eigenvalue weighted by Gasteiger charge is 2.39. The number of carbonyl (C=O) groups excluding carboxylic acids is 2. The average molecular weight is 705 g/mol. The summed E-state index contributed by atoms with van der Waals surface area (Å²) in [4.78, 5) is 42.4. The van der Waals surface area contributed by atoms with E-state index >= 15 is 0 Å². The Morgan fingerprint density at radius 3 is 2.13 bits per heavy atom. The number of carbonyl (C=O) groups is 3. The van der Waals surface area contributed by atoms with Crippen LogP contribution in [0.3, 0.4) is 0 Å². The smallest absolute Gasteiger partial charge is 0.405 e. The summed E-state index contributed by atoms with van der Waals surface area (Å²) in [6, 6.07) is 21.7. The molecule has 250 valence electrons. The van der Waals surface area contributed by atoms with Gasteiger partial charge in [0, 0.05) is 16.7 Å². The minimum absolute atomic E-state index is 0.0406. The number of anilines is 3. The lowest BCUT2D eigenvalue weighted by molar-refractivity contribution is -0.139. The first-order chi connectivity index (χ1) is 22.2. The lowest BCUT2D eigenvalue weighted by Crippen LogP contribution is -2.54. The van der Waals surface area contributed by atoms with Gasteiger partial charge in [-0.3, -0.25) is 9.59 Å². The van der Waals surface area contributed by atoms with E-state index in [0.29, 0.717) is 30.8 Å². The lowest BCUT2D eigenvalue weighted by atomic mass is 9.87. The van der Waals surface area contributed by atoms with Crippen molar-refractivity contribution in [2.75, 3.05) is 22.5 Å². The van der Waals surface area contributed by atoms with Gasteiger partial charge in [-0.1, -0.05) is 80.9 Å². The van der Waals surface area contributed by atoms with E-state index in [2.05, 4.69) is 101 Å². The van der Waals surface area contributed by atoms with Gasteiger partial charge in [0.25, 0.3) is 0 Å². The third-order valence-corrected chi connectivity index (χ3v) is 9.97. The number of nitrogens with one attached hydrogen (secondary N) is 2. The first-order valence-corrected chi connectivity index (χ1v) is 17.2. The summed E-state index contributed by atoms with van der Waals surface area (Å²) < 4.78 is 1.04. The molecule has 47 heavy (non-hydrogen) atoms. The third-order valence-electron chi connectivity index (χ3n) is 9.44. The van der Waals surface area contributed by atoms with E-state index in [1.807, 2.05) is 18.2 Å². The average Bonchev–Trinajstić information content (AvgIpc) is 3.69. The van der Waals surface area contributed by atoms with Crippen LogP contribution in [0.4, 0.5) is 21.9 Å². The van der Waals surface area contributed by atoms with Crippen LogP contribution in [0.1, 0.15) is 89.1 Å². The third kappa shape index (κ3) is 7.59. The number of nitrogens with two attached hydrogens (primary N) is 1. The van der Waals surface area contributed by atoms with Crippen molar-refractivity contribution in [2.24, 2.45) is 5.92 Å². The van der Waals surface area contributed by atoms with Crippen LogP contribution < -0.4 is 21.3 Å². The minimum atomic E-state index is -1.27. The molecule has 5 rings (SSSR count). The second kappa shape index (κ2) is 14.0. The minimum Gasteiger partial charge on any atom is -0.465 e. The number of likely N-dealkylation sites (tertiary alicyclic amines) is 1. The molecule has 5 N–H and O–H groups in total. The predicted molar refractivity (Wildman–Crippen MR) is 190 cm³/mol. The van der Waals surface area contributed by atoms with E-state index in [1.54, 1.807) is 13.8 Å². The first-order valence-electron chi connectivity index (χ1n) is 16.4. The molecule has 4 atom stereocenters. The summed E-state index contributed by atoms with van der Waals surface area (Å²) in [7, 11) is 0. The Balaban J connectivity index is 1.42.